The van der Waals surface area contributed by atoms with Crippen LogP contribution >= 0.6 is 0 Å². The van der Waals surface area contributed by atoms with Crippen molar-refractivity contribution in [2.45, 2.75) is 33.2 Å². The lowest BCUT2D eigenvalue weighted by molar-refractivity contribution is 0.101. The van der Waals surface area contributed by atoms with Gasteiger partial charge in [-0.1, -0.05) is 12.1 Å². The van der Waals surface area contributed by atoms with Crippen LogP contribution in [0, 0.1) is 0 Å². The molecular formula is C13H17NO3. The first-order valence-electron chi connectivity index (χ1n) is 5.38. The molecule has 0 bridgehead atoms. The van der Waals surface area contributed by atoms with Crippen molar-refractivity contribution >= 4 is 17.6 Å². The number of hydrogen-bond donors (Lipinski definition) is 1. The number of para-hydroxylation sites is 1. The summed E-state index contributed by atoms with van der Waals surface area (Å²) in [6, 6.07) is 6.74. The summed E-state index contributed by atoms with van der Waals surface area (Å²) < 4.78 is 0. The van der Waals surface area contributed by atoms with Gasteiger partial charge in [0.1, 0.15) is 0 Å². The molecule has 1 N–H and O–H groups in total. The van der Waals surface area contributed by atoms with Crippen molar-refractivity contribution in [2.75, 3.05) is 4.90 Å². The fourth-order valence-corrected chi connectivity index (χ4v) is 1.72. The minimum atomic E-state index is -1.06. The monoisotopic (exact) mass is 235 g/mol. The summed E-state index contributed by atoms with van der Waals surface area (Å²) in [4.78, 5) is 24.0. The van der Waals surface area contributed by atoms with Gasteiger partial charge in [0.25, 0.3) is 0 Å². The van der Waals surface area contributed by atoms with Crippen molar-refractivity contribution in [3.63, 3.8) is 0 Å². The maximum Gasteiger partial charge on any atom is 0.412 e. The molecule has 1 aromatic rings. The summed E-state index contributed by atoms with van der Waals surface area (Å²) >= 11 is 0. The highest BCUT2D eigenvalue weighted by atomic mass is 16.4. The third-order valence-electron chi connectivity index (χ3n) is 2.39. The van der Waals surface area contributed by atoms with E-state index in [0.717, 1.165) is 0 Å². The van der Waals surface area contributed by atoms with E-state index in [0.29, 0.717) is 11.3 Å². The molecule has 0 atom stereocenters. The van der Waals surface area contributed by atoms with Crippen LogP contribution in [0.3, 0.4) is 0 Å². The summed E-state index contributed by atoms with van der Waals surface area (Å²) in [5.41, 5.74) is 0.252. The molecule has 4 nitrogen and oxygen atoms in total. The highest BCUT2D eigenvalue weighted by molar-refractivity contribution is 6.03. The van der Waals surface area contributed by atoms with Crippen LogP contribution in [-0.2, 0) is 0 Å². The van der Waals surface area contributed by atoms with Gasteiger partial charge in [0.05, 0.1) is 5.69 Å². The van der Waals surface area contributed by atoms with E-state index in [1.54, 1.807) is 45.0 Å². The number of carboxylic acid groups (broad SMARTS) is 1. The Morgan fingerprint density at radius 3 is 2.12 bits per heavy atom. The van der Waals surface area contributed by atoms with Gasteiger partial charge in [0, 0.05) is 11.1 Å². The van der Waals surface area contributed by atoms with Crippen LogP contribution in [0.5, 0.6) is 0 Å². The lowest BCUT2D eigenvalue weighted by Crippen LogP contribution is -2.45. The molecule has 0 aliphatic heterocycles. The van der Waals surface area contributed by atoms with Crippen LogP contribution in [0.25, 0.3) is 0 Å². The number of ketones is 1. The van der Waals surface area contributed by atoms with E-state index in [9.17, 15) is 14.7 Å². The van der Waals surface area contributed by atoms with Crippen LogP contribution in [0.2, 0.25) is 0 Å². The number of anilines is 1. The Bertz CT molecular complexity index is 446. The number of carbonyl (C=O) groups excluding carboxylic acids is 1. The molecule has 0 fully saturated rings. The molecule has 1 aromatic carbocycles. The molecule has 92 valence electrons. The molecule has 0 radical (unpaired) electrons. The largest absolute Gasteiger partial charge is 0.465 e. The molecule has 1 rings (SSSR count). The maximum absolute atomic E-state index is 11.5. The zero-order valence-corrected chi connectivity index (χ0v) is 10.5. The Morgan fingerprint density at radius 1 is 1.18 bits per heavy atom. The summed E-state index contributed by atoms with van der Waals surface area (Å²) in [6.45, 7) is 6.80. The second kappa shape index (κ2) is 4.57. The first-order chi connectivity index (χ1) is 7.75. The van der Waals surface area contributed by atoms with E-state index in [1.165, 1.54) is 11.8 Å². The van der Waals surface area contributed by atoms with Crippen LogP contribution < -0.4 is 4.90 Å². The normalized spacial score (nSPS) is 11.1. The Balaban J connectivity index is 3.39. The highest BCUT2D eigenvalue weighted by Gasteiger charge is 2.30. The summed E-state index contributed by atoms with van der Waals surface area (Å²) in [5, 5.41) is 9.28. The summed E-state index contributed by atoms with van der Waals surface area (Å²) in [6.07, 6.45) is -1.06. The van der Waals surface area contributed by atoms with Gasteiger partial charge < -0.3 is 5.11 Å². The molecule has 0 saturated carbocycles. The number of amides is 1. The van der Waals surface area contributed by atoms with E-state index in [2.05, 4.69) is 0 Å². The molecule has 0 aliphatic rings. The molecule has 17 heavy (non-hydrogen) atoms. The number of carbonyl (C=O) groups is 2. The molecule has 0 heterocycles. The Hall–Kier alpha value is -1.84. The number of rotatable bonds is 2. The van der Waals surface area contributed by atoms with Crippen molar-refractivity contribution in [1.82, 2.24) is 0 Å². The first kappa shape index (κ1) is 13.2. The average Bonchev–Trinajstić information content (AvgIpc) is 2.15. The molecule has 0 aromatic heterocycles. The number of Topliss-reactive ketones (excluding diaryl/α,β-unsaturated/α-hetero) is 1. The maximum atomic E-state index is 11.5. The average molecular weight is 235 g/mol. The van der Waals surface area contributed by atoms with Crippen LogP contribution in [0.4, 0.5) is 10.5 Å². The van der Waals surface area contributed by atoms with E-state index < -0.39 is 11.6 Å². The predicted octanol–water partition coefficient (Wildman–Crippen LogP) is 3.17. The van der Waals surface area contributed by atoms with Gasteiger partial charge in [-0.2, -0.15) is 0 Å². The Labute approximate surface area is 101 Å². The van der Waals surface area contributed by atoms with Crippen molar-refractivity contribution < 1.29 is 14.7 Å². The van der Waals surface area contributed by atoms with Crippen LogP contribution in [0.15, 0.2) is 24.3 Å². The molecule has 0 spiro atoms. The second-order valence-corrected chi connectivity index (χ2v) is 4.86. The summed E-state index contributed by atoms with van der Waals surface area (Å²) in [7, 11) is 0. The molecule has 0 aliphatic carbocycles. The van der Waals surface area contributed by atoms with Gasteiger partial charge in [0.2, 0.25) is 0 Å². The van der Waals surface area contributed by atoms with Gasteiger partial charge in [-0.3, -0.25) is 9.69 Å². The lowest BCUT2D eigenvalue weighted by Gasteiger charge is -2.34. The van der Waals surface area contributed by atoms with Crippen molar-refractivity contribution in [2.24, 2.45) is 0 Å². The van der Waals surface area contributed by atoms with Gasteiger partial charge in [-0.05, 0) is 39.8 Å². The van der Waals surface area contributed by atoms with Gasteiger partial charge in [-0.15, -0.1) is 0 Å². The van der Waals surface area contributed by atoms with Gasteiger partial charge in [0.15, 0.2) is 5.78 Å². The standard InChI is InChI=1S/C13H17NO3/c1-9(15)10-7-5-6-8-11(10)14(12(16)17)13(2,3)4/h5-8H,1-4H3,(H,16,17). The third-order valence-corrected chi connectivity index (χ3v) is 2.39. The Kier molecular flexibility index (Phi) is 3.56. The Morgan fingerprint density at radius 2 is 1.71 bits per heavy atom. The quantitative estimate of drug-likeness (QED) is 0.801. The minimum absolute atomic E-state index is 0.142. The van der Waals surface area contributed by atoms with E-state index in [4.69, 9.17) is 0 Å². The minimum Gasteiger partial charge on any atom is -0.465 e. The second-order valence-electron chi connectivity index (χ2n) is 4.86. The van der Waals surface area contributed by atoms with Crippen molar-refractivity contribution in [3.8, 4) is 0 Å². The highest BCUT2D eigenvalue weighted by Crippen LogP contribution is 2.27. The zero-order chi connectivity index (χ0) is 13.2. The summed E-state index contributed by atoms with van der Waals surface area (Å²) in [5.74, 6) is -0.142. The SMILES string of the molecule is CC(=O)c1ccccc1N(C(=O)O)C(C)(C)C. The number of benzene rings is 1. The molecular weight excluding hydrogens is 218 g/mol. The molecule has 0 unspecified atom stereocenters. The smallest absolute Gasteiger partial charge is 0.412 e. The van der Waals surface area contributed by atoms with Crippen LogP contribution in [0.1, 0.15) is 38.1 Å². The topological polar surface area (TPSA) is 57.6 Å². The molecule has 4 heteroatoms. The third kappa shape index (κ3) is 2.84. The molecule has 0 saturated heterocycles. The fourth-order valence-electron chi connectivity index (χ4n) is 1.72. The fraction of sp³-hybridized carbons (Fsp3) is 0.385. The van der Waals surface area contributed by atoms with Crippen molar-refractivity contribution in [3.05, 3.63) is 29.8 Å². The van der Waals surface area contributed by atoms with Crippen molar-refractivity contribution in [1.29, 1.82) is 0 Å². The predicted molar refractivity (Wildman–Crippen MR) is 66.7 cm³/mol. The van der Waals surface area contributed by atoms with E-state index >= 15 is 0 Å². The van der Waals surface area contributed by atoms with Crippen LogP contribution in [-0.4, -0.2) is 22.5 Å². The lowest BCUT2D eigenvalue weighted by atomic mass is 10.0. The van der Waals surface area contributed by atoms with E-state index in [-0.39, 0.29) is 5.78 Å². The number of hydrogen-bond acceptors (Lipinski definition) is 2. The zero-order valence-electron chi connectivity index (χ0n) is 10.5. The molecule has 1 amide bonds. The van der Waals surface area contributed by atoms with Gasteiger partial charge in [-0.25, -0.2) is 4.79 Å². The first-order valence-corrected chi connectivity index (χ1v) is 5.38. The van der Waals surface area contributed by atoms with Gasteiger partial charge >= 0.3 is 6.09 Å². The number of nitrogens with zero attached hydrogens (tertiary/aromatic N) is 1. The van der Waals surface area contributed by atoms with E-state index in [1.807, 2.05) is 0 Å².